The van der Waals surface area contributed by atoms with Gasteiger partial charge in [-0.2, -0.15) is 0 Å². The number of aliphatic carboxylic acids is 1. The highest BCUT2D eigenvalue weighted by Gasteiger charge is 2.40. The largest absolute Gasteiger partial charge is 0.479 e. The molecule has 0 aromatic rings. The molecule has 6 heteroatoms. The standard InChI is InChI=1S/C11H20N2O4/c1-3-11(5-4-6-13-11)8(14)12-7-10(2,17)9(15)16/h13,17H,3-7H2,1-2H3,(H,12,14)(H,15,16). The van der Waals surface area contributed by atoms with Crippen LogP contribution in [0.5, 0.6) is 0 Å². The van der Waals surface area contributed by atoms with Gasteiger partial charge in [0.05, 0.1) is 12.1 Å². The maximum absolute atomic E-state index is 12.0. The Kier molecular flexibility index (Phi) is 4.11. The second kappa shape index (κ2) is 5.01. The first-order valence-corrected chi connectivity index (χ1v) is 5.83. The lowest BCUT2D eigenvalue weighted by Gasteiger charge is -2.28. The van der Waals surface area contributed by atoms with Crippen molar-refractivity contribution in [1.82, 2.24) is 10.6 Å². The summed E-state index contributed by atoms with van der Waals surface area (Å²) in [5, 5.41) is 23.9. The molecule has 4 N–H and O–H groups in total. The average Bonchev–Trinajstić information content (AvgIpc) is 2.75. The molecule has 2 unspecified atom stereocenters. The third kappa shape index (κ3) is 2.95. The maximum atomic E-state index is 12.0. The first-order chi connectivity index (χ1) is 7.84. The van der Waals surface area contributed by atoms with E-state index in [-0.39, 0.29) is 12.5 Å². The molecule has 1 heterocycles. The lowest BCUT2D eigenvalue weighted by molar-refractivity contribution is -0.156. The predicted octanol–water partition coefficient (Wildman–Crippen LogP) is -0.530. The van der Waals surface area contributed by atoms with Gasteiger partial charge >= 0.3 is 5.97 Å². The molecular weight excluding hydrogens is 224 g/mol. The lowest BCUT2D eigenvalue weighted by Crippen LogP contribution is -2.56. The summed E-state index contributed by atoms with van der Waals surface area (Å²) in [5.41, 5.74) is -2.53. The van der Waals surface area contributed by atoms with Gasteiger partial charge in [-0.15, -0.1) is 0 Å². The Hall–Kier alpha value is -1.14. The van der Waals surface area contributed by atoms with E-state index in [1.54, 1.807) is 0 Å². The molecule has 1 rings (SSSR count). The van der Waals surface area contributed by atoms with Crippen molar-refractivity contribution in [3.63, 3.8) is 0 Å². The number of hydrogen-bond acceptors (Lipinski definition) is 4. The van der Waals surface area contributed by atoms with Crippen LogP contribution in [0.25, 0.3) is 0 Å². The van der Waals surface area contributed by atoms with Crippen molar-refractivity contribution in [2.45, 2.75) is 44.2 Å². The van der Waals surface area contributed by atoms with Crippen LogP contribution in [0, 0.1) is 0 Å². The zero-order valence-corrected chi connectivity index (χ0v) is 10.2. The van der Waals surface area contributed by atoms with E-state index in [1.807, 2.05) is 6.92 Å². The van der Waals surface area contributed by atoms with Crippen molar-refractivity contribution in [3.8, 4) is 0 Å². The fourth-order valence-corrected chi connectivity index (χ4v) is 1.96. The van der Waals surface area contributed by atoms with E-state index >= 15 is 0 Å². The molecular formula is C11H20N2O4. The lowest BCUT2D eigenvalue weighted by atomic mass is 9.93. The van der Waals surface area contributed by atoms with Crippen LogP contribution < -0.4 is 10.6 Å². The van der Waals surface area contributed by atoms with Crippen LogP contribution in [0.2, 0.25) is 0 Å². The van der Waals surface area contributed by atoms with Crippen LogP contribution in [0.15, 0.2) is 0 Å². The summed E-state index contributed by atoms with van der Waals surface area (Å²) < 4.78 is 0. The predicted molar refractivity (Wildman–Crippen MR) is 61.5 cm³/mol. The fraction of sp³-hybridized carbons (Fsp3) is 0.818. The molecule has 1 fully saturated rings. The van der Waals surface area contributed by atoms with Gasteiger partial charge in [-0.1, -0.05) is 6.92 Å². The minimum atomic E-state index is -1.93. The average molecular weight is 244 g/mol. The Balaban J connectivity index is 2.57. The molecule has 0 saturated carbocycles. The van der Waals surface area contributed by atoms with Crippen molar-refractivity contribution in [2.75, 3.05) is 13.1 Å². The second-order valence-corrected chi connectivity index (χ2v) is 4.73. The van der Waals surface area contributed by atoms with Crippen molar-refractivity contribution in [3.05, 3.63) is 0 Å². The third-order valence-electron chi connectivity index (χ3n) is 3.34. The van der Waals surface area contributed by atoms with Gasteiger partial charge in [0.1, 0.15) is 0 Å². The Morgan fingerprint density at radius 1 is 1.53 bits per heavy atom. The number of nitrogens with one attached hydrogen (secondary N) is 2. The van der Waals surface area contributed by atoms with Crippen LogP contribution in [0.3, 0.4) is 0 Å². The van der Waals surface area contributed by atoms with E-state index in [4.69, 9.17) is 5.11 Å². The van der Waals surface area contributed by atoms with Gasteiger partial charge in [-0.3, -0.25) is 4.79 Å². The Morgan fingerprint density at radius 2 is 2.18 bits per heavy atom. The minimum Gasteiger partial charge on any atom is -0.479 e. The van der Waals surface area contributed by atoms with E-state index in [9.17, 15) is 14.7 Å². The van der Waals surface area contributed by atoms with Crippen molar-refractivity contribution in [1.29, 1.82) is 0 Å². The van der Waals surface area contributed by atoms with Crippen LogP contribution in [0.4, 0.5) is 0 Å². The highest BCUT2D eigenvalue weighted by Crippen LogP contribution is 2.23. The molecule has 2 atom stereocenters. The van der Waals surface area contributed by atoms with Crippen molar-refractivity contribution in [2.24, 2.45) is 0 Å². The Labute approximate surface area is 100 Å². The molecule has 1 aliphatic heterocycles. The van der Waals surface area contributed by atoms with E-state index in [0.29, 0.717) is 6.42 Å². The van der Waals surface area contributed by atoms with Gasteiger partial charge in [0.25, 0.3) is 0 Å². The Bertz CT molecular complexity index is 309. The number of amides is 1. The Morgan fingerprint density at radius 3 is 2.59 bits per heavy atom. The number of aliphatic hydroxyl groups is 1. The molecule has 6 nitrogen and oxygen atoms in total. The summed E-state index contributed by atoms with van der Waals surface area (Å²) in [7, 11) is 0. The normalized spacial score (nSPS) is 27.5. The van der Waals surface area contributed by atoms with Gasteiger partial charge in [-0.25, -0.2) is 4.79 Å². The molecule has 17 heavy (non-hydrogen) atoms. The first kappa shape index (κ1) is 13.9. The molecule has 1 amide bonds. The molecule has 0 radical (unpaired) electrons. The van der Waals surface area contributed by atoms with Gasteiger partial charge in [0.15, 0.2) is 5.60 Å². The topological polar surface area (TPSA) is 98.7 Å². The van der Waals surface area contributed by atoms with Crippen LogP contribution in [-0.4, -0.2) is 46.3 Å². The number of carboxylic acid groups (broad SMARTS) is 1. The van der Waals surface area contributed by atoms with Gasteiger partial charge in [-0.05, 0) is 32.7 Å². The van der Waals surface area contributed by atoms with Gasteiger partial charge < -0.3 is 20.8 Å². The second-order valence-electron chi connectivity index (χ2n) is 4.73. The maximum Gasteiger partial charge on any atom is 0.337 e. The highest BCUT2D eigenvalue weighted by molar-refractivity contribution is 5.87. The molecule has 1 saturated heterocycles. The SMILES string of the molecule is CCC1(C(=O)NCC(C)(O)C(=O)O)CCCN1. The van der Waals surface area contributed by atoms with E-state index in [0.717, 1.165) is 26.3 Å². The van der Waals surface area contributed by atoms with E-state index in [1.165, 1.54) is 0 Å². The fourth-order valence-electron chi connectivity index (χ4n) is 1.96. The summed E-state index contributed by atoms with van der Waals surface area (Å²) in [6, 6.07) is 0. The van der Waals surface area contributed by atoms with Crippen LogP contribution in [0.1, 0.15) is 33.1 Å². The zero-order valence-electron chi connectivity index (χ0n) is 10.2. The first-order valence-electron chi connectivity index (χ1n) is 5.83. The minimum absolute atomic E-state index is 0.237. The number of hydrogen-bond donors (Lipinski definition) is 4. The molecule has 0 aliphatic carbocycles. The van der Waals surface area contributed by atoms with Crippen molar-refractivity contribution < 1.29 is 19.8 Å². The van der Waals surface area contributed by atoms with Crippen molar-refractivity contribution >= 4 is 11.9 Å². The van der Waals surface area contributed by atoms with Gasteiger partial charge in [0, 0.05) is 0 Å². The smallest absolute Gasteiger partial charge is 0.337 e. The summed E-state index contributed by atoms with van der Waals surface area (Å²) in [5.74, 6) is -1.58. The van der Waals surface area contributed by atoms with E-state index < -0.39 is 17.1 Å². The summed E-state index contributed by atoms with van der Waals surface area (Å²) >= 11 is 0. The monoisotopic (exact) mass is 244 g/mol. The molecule has 0 aromatic heterocycles. The molecule has 1 aliphatic rings. The number of carboxylic acids is 1. The molecule has 0 aromatic carbocycles. The number of carbonyl (C=O) groups is 2. The molecule has 0 spiro atoms. The molecule has 0 bridgehead atoms. The number of carbonyl (C=O) groups excluding carboxylic acids is 1. The molecule has 98 valence electrons. The highest BCUT2D eigenvalue weighted by atomic mass is 16.4. The van der Waals surface area contributed by atoms with Gasteiger partial charge in [0.2, 0.25) is 5.91 Å². The zero-order chi connectivity index (χ0) is 13.1. The van der Waals surface area contributed by atoms with E-state index in [2.05, 4.69) is 10.6 Å². The van der Waals surface area contributed by atoms with Crippen LogP contribution >= 0.6 is 0 Å². The quantitative estimate of drug-likeness (QED) is 0.521. The number of rotatable bonds is 5. The summed E-state index contributed by atoms with van der Waals surface area (Å²) in [4.78, 5) is 22.7. The summed E-state index contributed by atoms with van der Waals surface area (Å²) in [6.45, 7) is 3.57. The third-order valence-corrected chi connectivity index (χ3v) is 3.34. The summed E-state index contributed by atoms with van der Waals surface area (Å²) in [6.07, 6.45) is 2.31. The van der Waals surface area contributed by atoms with Crippen LogP contribution in [-0.2, 0) is 9.59 Å².